The van der Waals surface area contributed by atoms with Crippen LogP contribution in [0.1, 0.15) is 42.7 Å². The Kier molecular flexibility index (Phi) is 5.69. The second-order valence-electron chi connectivity index (χ2n) is 6.73. The highest BCUT2D eigenvalue weighted by molar-refractivity contribution is 5.93. The molecule has 2 atom stereocenters. The summed E-state index contributed by atoms with van der Waals surface area (Å²) >= 11 is 0. The first kappa shape index (κ1) is 18.8. The number of hydrogen-bond donors (Lipinski definition) is 1. The Morgan fingerprint density at radius 3 is 1.93 bits per heavy atom. The van der Waals surface area contributed by atoms with E-state index in [4.69, 9.17) is 4.74 Å². The number of nitrogens with one attached hydrogen (secondary N) is 1. The molecule has 3 rings (SSSR count). The molecule has 140 valence electrons. The molecule has 0 saturated heterocycles. The van der Waals surface area contributed by atoms with Gasteiger partial charge in [0.25, 0.3) is 0 Å². The summed E-state index contributed by atoms with van der Waals surface area (Å²) in [4.78, 5) is 37.5. The van der Waals surface area contributed by atoms with E-state index in [1.54, 1.807) is 6.92 Å². The van der Waals surface area contributed by atoms with Crippen LogP contribution in [0.2, 0.25) is 0 Å². The predicted molar refractivity (Wildman–Crippen MR) is 101 cm³/mol. The lowest BCUT2D eigenvalue weighted by molar-refractivity contribution is -0.157. The molecule has 0 bridgehead atoms. The van der Waals surface area contributed by atoms with Crippen molar-refractivity contribution in [2.24, 2.45) is 0 Å². The molecular weight excluding hydrogens is 342 g/mol. The molecule has 1 aliphatic rings. The van der Waals surface area contributed by atoms with Crippen LogP contribution in [0.5, 0.6) is 0 Å². The number of carbonyl (C=O) groups excluding carboxylic acids is 3. The molecule has 27 heavy (non-hydrogen) atoms. The zero-order chi connectivity index (χ0) is 19.3. The van der Waals surface area contributed by atoms with E-state index >= 15 is 0 Å². The first-order valence-corrected chi connectivity index (χ1v) is 9.13. The maximum absolute atomic E-state index is 13.2. The van der Waals surface area contributed by atoms with Crippen LogP contribution in [0.15, 0.2) is 60.7 Å². The number of carbonyl (C=O) groups is 3. The number of ketones is 1. The van der Waals surface area contributed by atoms with E-state index in [2.05, 4.69) is 5.32 Å². The Morgan fingerprint density at radius 1 is 1.04 bits per heavy atom. The molecule has 1 N–H and O–H groups in total. The topological polar surface area (TPSA) is 72.5 Å². The molecular formula is C22H23NO4. The van der Waals surface area contributed by atoms with Crippen molar-refractivity contribution in [3.8, 4) is 0 Å². The van der Waals surface area contributed by atoms with Gasteiger partial charge in [-0.2, -0.15) is 0 Å². The van der Waals surface area contributed by atoms with Gasteiger partial charge >= 0.3 is 5.97 Å². The van der Waals surface area contributed by atoms with Crippen molar-refractivity contribution < 1.29 is 19.1 Å². The van der Waals surface area contributed by atoms with Gasteiger partial charge in [-0.3, -0.25) is 9.59 Å². The molecule has 1 fully saturated rings. The monoisotopic (exact) mass is 365 g/mol. The molecule has 1 amide bonds. The Bertz CT molecular complexity index is 752. The van der Waals surface area contributed by atoms with Gasteiger partial charge in [0.15, 0.2) is 5.54 Å². The normalized spacial score (nSPS) is 21.3. The van der Waals surface area contributed by atoms with Crippen molar-refractivity contribution >= 4 is 18.2 Å². The smallest absolute Gasteiger partial charge is 0.333 e. The van der Waals surface area contributed by atoms with Crippen molar-refractivity contribution in [1.82, 2.24) is 5.32 Å². The van der Waals surface area contributed by atoms with Gasteiger partial charge in [0.2, 0.25) is 6.41 Å². The second-order valence-corrected chi connectivity index (χ2v) is 6.73. The molecule has 5 heteroatoms. The Morgan fingerprint density at radius 2 is 1.52 bits per heavy atom. The van der Waals surface area contributed by atoms with Crippen LogP contribution in [0, 0.1) is 0 Å². The highest BCUT2D eigenvalue weighted by atomic mass is 16.5. The summed E-state index contributed by atoms with van der Waals surface area (Å²) < 4.78 is 5.40. The molecule has 0 heterocycles. The second kappa shape index (κ2) is 8.16. The van der Waals surface area contributed by atoms with Crippen molar-refractivity contribution in [2.75, 3.05) is 6.61 Å². The average molecular weight is 365 g/mol. The Hall–Kier alpha value is -2.95. The van der Waals surface area contributed by atoms with Crippen molar-refractivity contribution in [3.63, 3.8) is 0 Å². The van der Waals surface area contributed by atoms with E-state index in [1.165, 1.54) is 0 Å². The zero-order valence-corrected chi connectivity index (χ0v) is 15.3. The fourth-order valence-corrected chi connectivity index (χ4v) is 4.13. The highest BCUT2D eigenvalue weighted by Gasteiger charge is 2.57. The third-order valence-corrected chi connectivity index (χ3v) is 5.28. The molecule has 0 spiro atoms. The summed E-state index contributed by atoms with van der Waals surface area (Å²) in [6, 6.07) is 18.7. The molecule has 0 aliphatic heterocycles. The Balaban J connectivity index is 2.21. The summed E-state index contributed by atoms with van der Waals surface area (Å²) in [6.07, 6.45) is 0.887. The number of Topliss-reactive ketones (excluding diaryl/α,β-unsaturated/α-hetero) is 1. The minimum absolute atomic E-state index is 0.0605. The lowest BCUT2D eigenvalue weighted by Crippen LogP contribution is -2.63. The van der Waals surface area contributed by atoms with Crippen molar-refractivity contribution in [2.45, 2.75) is 37.1 Å². The average Bonchev–Trinajstić information content (AvgIpc) is 2.70. The quantitative estimate of drug-likeness (QED) is 0.631. The number of amides is 1. The van der Waals surface area contributed by atoms with Crippen LogP contribution in [-0.4, -0.2) is 30.3 Å². The van der Waals surface area contributed by atoms with E-state index in [9.17, 15) is 14.4 Å². The lowest BCUT2D eigenvalue weighted by Gasteiger charge is -2.47. The molecule has 1 aliphatic carbocycles. The highest BCUT2D eigenvalue weighted by Crippen LogP contribution is 2.48. The third kappa shape index (κ3) is 3.50. The molecule has 1 saturated carbocycles. The van der Waals surface area contributed by atoms with E-state index in [1.807, 2.05) is 60.7 Å². The summed E-state index contributed by atoms with van der Waals surface area (Å²) in [5.74, 6) is -1.46. The van der Waals surface area contributed by atoms with Gasteiger partial charge in [-0.25, -0.2) is 4.79 Å². The van der Waals surface area contributed by atoms with Gasteiger partial charge < -0.3 is 10.1 Å². The molecule has 0 unspecified atom stereocenters. The molecule has 0 aromatic heterocycles. The third-order valence-electron chi connectivity index (χ3n) is 5.28. The van der Waals surface area contributed by atoms with E-state index < -0.39 is 23.3 Å². The number of hydrogen-bond acceptors (Lipinski definition) is 4. The summed E-state index contributed by atoms with van der Waals surface area (Å²) in [5, 5.41) is 2.79. The van der Waals surface area contributed by atoms with Gasteiger partial charge in [-0.05, 0) is 18.1 Å². The summed E-state index contributed by atoms with van der Waals surface area (Å²) in [5.41, 5.74) is 0.316. The minimum atomic E-state index is -1.34. The van der Waals surface area contributed by atoms with Gasteiger partial charge in [0.05, 0.1) is 6.61 Å². The maximum Gasteiger partial charge on any atom is 0.333 e. The SMILES string of the molecule is CCOC(=O)C1(NC=O)[C@@H](c2ccccc2)CC(=O)C[C@@H]1c1ccccc1. The maximum atomic E-state index is 13.2. The van der Waals surface area contributed by atoms with Crippen molar-refractivity contribution in [3.05, 3.63) is 71.8 Å². The number of rotatable bonds is 6. The lowest BCUT2D eigenvalue weighted by atomic mass is 9.61. The van der Waals surface area contributed by atoms with Crippen LogP contribution in [-0.2, 0) is 19.1 Å². The van der Waals surface area contributed by atoms with Crippen LogP contribution >= 0.6 is 0 Å². The fraction of sp³-hybridized carbons (Fsp3) is 0.318. The van der Waals surface area contributed by atoms with E-state index in [0.29, 0.717) is 6.41 Å². The van der Waals surface area contributed by atoms with E-state index in [-0.39, 0.29) is 25.2 Å². The minimum Gasteiger partial charge on any atom is -0.464 e. The van der Waals surface area contributed by atoms with Crippen molar-refractivity contribution in [1.29, 1.82) is 0 Å². The first-order valence-electron chi connectivity index (χ1n) is 9.13. The summed E-state index contributed by atoms with van der Waals surface area (Å²) in [6.45, 7) is 1.92. The fourth-order valence-electron chi connectivity index (χ4n) is 4.13. The van der Waals surface area contributed by atoms with Crippen LogP contribution in [0.3, 0.4) is 0 Å². The van der Waals surface area contributed by atoms with E-state index in [0.717, 1.165) is 11.1 Å². The zero-order valence-electron chi connectivity index (χ0n) is 15.3. The van der Waals surface area contributed by atoms with Gasteiger partial charge in [-0.1, -0.05) is 60.7 Å². The Labute approximate surface area is 158 Å². The van der Waals surface area contributed by atoms with Crippen LogP contribution in [0.4, 0.5) is 0 Å². The molecule has 2 aromatic rings. The number of ether oxygens (including phenoxy) is 1. The summed E-state index contributed by atoms with van der Waals surface area (Å²) in [7, 11) is 0. The van der Waals surface area contributed by atoms with Gasteiger partial charge in [0, 0.05) is 24.7 Å². The largest absolute Gasteiger partial charge is 0.464 e. The molecule has 2 aromatic carbocycles. The van der Waals surface area contributed by atoms with Gasteiger partial charge in [0.1, 0.15) is 5.78 Å². The first-order chi connectivity index (χ1) is 13.1. The molecule has 0 radical (unpaired) electrons. The van der Waals surface area contributed by atoms with Crippen LogP contribution < -0.4 is 5.32 Å². The predicted octanol–water partition coefficient (Wildman–Crippen LogP) is 2.96. The number of benzene rings is 2. The molecule has 5 nitrogen and oxygen atoms in total. The van der Waals surface area contributed by atoms with Gasteiger partial charge in [-0.15, -0.1) is 0 Å². The standard InChI is InChI=1S/C22H23NO4/c1-2-27-21(26)22(23-15-24)19(16-9-5-3-6-10-16)13-18(25)14-20(22)17-11-7-4-8-12-17/h3-12,15,19-20H,2,13-14H2,1H3,(H,23,24)/t19-,20-/m1/s1. The number of esters is 1. The van der Waals surface area contributed by atoms with Crippen LogP contribution in [0.25, 0.3) is 0 Å².